The van der Waals surface area contributed by atoms with Crippen molar-refractivity contribution in [2.45, 2.75) is 57.7 Å². The number of rotatable bonds is 9. The topological polar surface area (TPSA) is 74.3 Å². The fraction of sp³-hybridized carbons (Fsp3) is 0.278. The van der Waals surface area contributed by atoms with Gasteiger partial charge in [-0.25, -0.2) is 13.6 Å². The van der Waals surface area contributed by atoms with Crippen LogP contribution in [0.15, 0.2) is 60.7 Å². The first kappa shape index (κ1) is 40.9. The van der Waals surface area contributed by atoms with E-state index in [0.717, 1.165) is 30.0 Å². The molecule has 1 amide bonds. The summed E-state index contributed by atoms with van der Waals surface area (Å²) in [6.07, 6.45) is -18.3. The summed E-state index contributed by atoms with van der Waals surface area (Å²) in [5.41, 5.74) is -5.47. The van der Waals surface area contributed by atoms with Crippen molar-refractivity contribution >= 4 is 23.7 Å². The van der Waals surface area contributed by atoms with E-state index in [1.165, 1.54) is 26.2 Å². The van der Waals surface area contributed by atoms with Gasteiger partial charge < -0.3 is 18.9 Å². The molecule has 2 atom stereocenters. The highest BCUT2D eigenvalue weighted by Gasteiger charge is 2.44. The molecule has 1 aliphatic rings. The third-order valence-corrected chi connectivity index (χ3v) is 8.64. The number of ether oxygens (including phenoxy) is 4. The maximum atomic E-state index is 14.5. The fourth-order valence-corrected chi connectivity index (χ4v) is 5.98. The van der Waals surface area contributed by atoms with Gasteiger partial charge in [-0.2, -0.15) is 39.5 Å². The molecule has 0 bridgehead atoms. The average molecular weight is 812 g/mol. The molecular formula is C36H25ClF11NO6. The van der Waals surface area contributed by atoms with E-state index in [-0.39, 0.29) is 44.8 Å². The second kappa shape index (κ2) is 15.1. The summed E-state index contributed by atoms with van der Waals surface area (Å²) in [4.78, 5) is 25.1. The maximum absolute atomic E-state index is 14.5. The quantitative estimate of drug-likeness (QED) is 0.0952. The summed E-state index contributed by atoms with van der Waals surface area (Å²) in [6.45, 7) is 0.946. The third-order valence-electron chi connectivity index (χ3n) is 8.35. The van der Waals surface area contributed by atoms with Gasteiger partial charge in [-0.3, -0.25) is 9.69 Å². The molecule has 7 nitrogen and oxygen atoms in total. The SMILES string of the molecule is COc1cc(Cl)c(OCc2cc(F)c(OC(C)=O)c(F)c2)cc1-c1ccc(C(F)(F)F)cc1CN1C(=O)O[C@H](c2cc(C(F)(F)F)cc(C(F)(F)F)c2)[C@@H]1C. The van der Waals surface area contributed by atoms with Crippen molar-refractivity contribution in [2.24, 2.45) is 0 Å². The first-order valence-corrected chi connectivity index (χ1v) is 16.0. The lowest BCUT2D eigenvalue weighted by atomic mass is 9.94. The first-order chi connectivity index (χ1) is 25.5. The van der Waals surface area contributed by atoms with Crippen LogP contribution in [-0.4, -0.2) is 30.1 Å². The Morgan fingerprint density at radius 3 is 1.91 bits per heavy atom. The zero-order valence-corrected chi connectivity index (χ0v) is 29.0. The average Bonchev–Trinajstić information content (AvgIpc) is 3.36. The minimum Gasteiger partial charge on any atom is -0.496 e. The third kappa shape index (κ3) is 9.01. The molecule has 0 aromatic heterocycles. The molecule has 55 heavy (non-hydrogen) atoms. The number of halogens is 12. The Hall–Kier alpha value is -5.26. The Morgan fingerprint density at radius 2 is 1.38 bits per heavy atom. The summed E-state index contributed by atoms with van der Waals surface area (Å²) in [6, 6.07) is 5.86. The van der Waals surface area contributed by atoms with Gasteiger partial charge in [0.25, 0.3) is 0 Å². The zero-order valence-electron chi connectivity index (χ0n) is 28.3. The highest BCUT2D eigenvalue weighted by atomic mass is 35.5. The summed E-state index contributed by atoms with van der Waals surface area (Å²) in [5, 5.41) is -0.120. The molecule has 19 heteroatoms. The van der Waals surface area contributed by atoms with E-state index in [4.69, 9.17) is 25.8 Å². The molecule has 1 heterocycles. The Morgan fingerprint density at radius 1 is 0.800 bits per heavy atom. The van der Waals surface area contributed by atoms with Gasteiger partial charge in [-0.15, -0.1) is 0 Å². The van der Waals surface area contributed by atoms with E-state index < -0.39 is 95.5 Å². The molecule has 0 aliphatic carbocycles. The molecule has 5 rings (SSSR count). The van der Waals surface area contributed by atoms with Gasteiger partial charge in [-0.1, -0.05) is 17.7 Å². The highest BCUT2D eigenvalue weighted by Crippen LogP contribution is 2.45. The molecule has 4 aromatic rings. The highest BCUT2D eigenvalue weighted by molar-refractivity contribution is 6.32. The smallest absolute Gasteiger partial charge is 0.416 e. The van der Waals surface area contributed by atoms with Crippen LogP contribution in [0.2, 0.25) is 5.02 Å². The van der Waals surface area contributed by atoms with Crippen LogP contribution >= 0.6 is 11.6 Å². The Labute approximate surface area is 309 Å². The van der Waals surface area contributed by atoms with Gasteiger partial charge in [0.15, 0.2) is 11.6 Å². The lowest BCUT2D eigenvalue weighted by Crippen LogP contribution is -2.32. The fourth-order valence-electron chi connectivity index (χ4n) is 5.77. The zero-order chi connectivity index (χ0) is 40.8. The van der Waals surface area contributed by atoms with Crippen LogP contribution < -0.4 is 14.2 Å². The molecule has 1 fully saturated rings. The van der Waals surface area contributed by atoms with Crippen LogP contribution in [0.5, 0.6) is 17.2 Å². The van der Waals surface area contributed by atoms with Gasteiger partial charge >= 0.3 is 30.6 Å². The van der Waals surface area contributed by atoms with Crippen molar-refractivity contribution < 1.29 is 76.8 Å². The predicted molar refractivity (Wildman–Crippen MR) is 171 cm³/mol. The van der Waals surface area contributed by atoms with Crippen LogP contribution in [-0.2, 0) is 41.2 Å². The van der Waals surface area contributed by atoms with E-state index >= 15 is 0 Å². The van der Waals surface area contributed by atoms with E-state index in [1.807, 2.05) is 0 Å². The van der Waals surface area contributed by atoms with Crippen molar-refractivity contribution in [1.29, 1.82) is 0 Å². The molecule has 294 valence electrons. The number of alkyl halides is 9. The Balaban J connectivity index is 1.53. The van der Waals surface area contributed by atoms with Gasteiger partial charge in [-0.05, 0) is 77.7 Å². The van der Waals surface area contributed by atoms with E-state index in [9.17, 15) is 57.9 Å². The minimum atomic E-state index is -5.21. The molecule has 0 N–H and O–H groups in total. The van der Waals surface area contributed by atoms with Crippen molar-refractivity contribution in [3.8, 4) is 28.4 Å². The number of hydrogen-bond donors (Lipinski definition) is 0. The van der Waals surface area contributed by atoms with E-state index in [2.05, 4.69) is 4.74 Å². The Bertz CT molecular complexity index is 2080. The van der Waals surface area contributed by atoms with Crippen LogP contribution in [0.1, 0.15) is 53.3 Å². The van der Waals surface area contributed by atoms with Crippen molar-refractivity contribution in [3.63, 3.8) is 0 Å². The number of hydrogen-bond acceptors (Lipinski definition) is 6. The molecule has 1 aliphatic heterocycles. The number of methoxy groups -OCH3 is 1. The lowest BCUT2D eigenvalue weighted by molar-refractivity contribution is -0.143. The maximum Gasteiger partial charge on any atom is 0.416 e. The summed E-state index contributed by atoms with van der Waals surface area (Å²) in [5.74, 6) is -4.56. The summed E-state index contributed by atoms with van der Waals surface area (Å²) >= 11 is 6.36. The number of amides is 1. The van der Waals surface area contributed by atoms with Gasteiger partial charge in [0.05, 0.1) is 41.4 Å². The molecule has 1 saturated heterocycles. The van der Waals surface area contributed by atoms with E-state index in [0.29, 0.717) is 24.3 Å². The lowest BCUT2D eigenvalue weighted by Gasteiger charge is -2.24. The second-order valence-corrected chi connectivity index (χ2v) is 12.5. The first-order valence-electron chi connectivity index (χ1n) is 15.6. The molecular weight excluding hydrogens is 787 g/mol. The second-order valence-electron chi connectivity index (χ2n) is 12.1. The number of esters is 1. The van der Waals surface area contributed by atoms with Crippen molar-refractivity contribution in [2.75, 3.05) is 7.11 Å². The number of carbonyl (C=O) groups is 2. The van der Waals surface area contributed by atoms with Gasteiger partial charge in [0.2, 0.25) is 5.75 Å². The largest absolute Gasteiger partial charge is 0.496 e. The van der Waals surface area contributed by atoms with E-state index in [1.54, 1.807) is 0 Å². The van der Waals surface area contributed by atoms with Crippen LogP contribution in [0, 0.1) is 11.6 Å². The predicted octanol–water partition coefficient (Wildman–Crippen LogP) is 10.9. The molecule has 0 unspecified atom stereocenters. The normalized spacial score (nSPS) is 16.3. The molecule has 0 spiro atoms. The van der Waals surface area contributed by atoms with Gasteiger partial charge in [0, 0.05) is 18.6 Å². The summed E-state index contributed by atoms with van der Waals surface area (Å²) in [7, 11) is 1.20. The monoisotopic (exact) mass is 811 g/mol. The Kier molecular flexibility index (Phi) is 11.2. The summed E-state index contributed by atoms with van der Waals surface area (Å²) < 4.78 is 173. The van der Waals surface area contributed by atoms with Gasteiger partial charge in [0.1, 0.15) is 24.2 Å². The number of carbonyl (C=O) groups excluding carboxylic acids is 2. The van der Waals surface area contributed by atoms with Crippen LogP contribution in [0.3, 0.4) is 0 Å². The van der Waals surface area contributed by atoms with Crippen LogP contribution in [0.25, 0.3) is 11.1 Å². The number of cyclic esters (lactones) is 1. The van der Waals surface area contributed by atoms with Crippen molar-refractivity contribution in [1.82, 2.24) is 4.90 Å². The molecule has 0 saturated carbocycles. The standard InChI is InChI=1S/C36H25ClF11NO6/c1-16-31(19-8-22(35(43,44)45)11-23(9-19)36(46,47)48)55-33(51)49(16)14-20-10-21(34(40,41)42)4-5-24(20)25-12-30(26(37)13-29(25)52-3)53-15-18-6-27(38)32(28(39)7-18)54-17(2)50/h4-13,16,31H,14-15H2,1-3H3/t16-,31-/m0/s1. The number of benzene rings is 4. The van der Waals surface area contributed by atoms with Crippen molar-refractivity contribution in [3.05, 3.63) is 111 Å². The van der Waals surface area contributed by atoms with Crippen LogP contribution in [0.4, 0.5) is 53.1 Å². The molecule has 4 aromatic carbocycles. The molecule has 0 radical (unpaired) electrons. The number of nitrogens with zero attached hydrogens (tertiary/aromatic N) is 1. The minimum absolute atomic E-state index is 0.0175.